The maximum Gasteiger partial charge on any atom is 0.274 e. The summed E-state index contributed by atoms with van der Waals surface area (Å²) in [6.07, 6.45) is 1.74. The molecule has 4 heteroatoms. The molecule has 0 unspecified atom stereocenters. The van der Waals surface area contributed by atoms with Crippen LogP contribution in [0.2, 0.25) is 0 Å². The third-order valence-corrected chi connectivity index (χ3v) is 1.47. The normalized spacial score (nSPS) is 9.42. The number of likely N-dealkylation sites (N-methyl/N-ethyl adjacent to an activating group) is 1. The first kappa shape index (κ1) is 8.52. The van der Waals surface area contributed by atoms with Crippen molar-refractivity contribution in [2.45, 2.75) is 0 Å². The first-order chi connectivity index (χ1) is 5.70. The van der Waals surface area contributed by atoms with Gasteiger partial charge in [0.2, 0.25) is 0 Å². The van der Waals surface area contributed by atoms with E-state index in [2.05, 4.69) is 4.98 Å². The van der Waals surface area contributed by atoms with Crippen LogP contribution in [0.4, 0.5) is 5.82 Å². The molecular formula is C8H10N2O2. The Labute approximate surface area is 70.5 Å². The summed E-state index contributed by atoms with van der Waals surface area (Å²) in [7, 11) is 1.68. The molecule has 0 aliphatic rings. The monoisotopic (exact) mass is 166 g/mol. The average Bonchev–Trinajstić information content (AvgIpc) is 2.05. The minimum absolute atomic E-state index is 0.111. The highest BCUT2D eigenvalue weighted by atomic mass is 16.4. The molecule has 1 aromatic rings. The Morgan fingerprint density at radius 1 is 1.67 bits per heavy atom. The second-order valence-corrected chi connectivity index (χ2v) is 2.48. The number of nitrogens with one attached hydrogen (secondary N) is 1. The lowest BCUT2D eigenvalue weighted by molar-refractivity contribution is -0.364. The number of H-pyrrole nitrogens is 1. The second kappa shape index (κ2) is 3.71. The van der Waals surface area contributed by atoms with Gasteiger partial charge in [0.05, 0.1) is 19.2 Å². The third kappa shape index (κ3) is 2.23. The summed E-state index contributed by atoms with van der Waals surface area (Å²) < 4.78 is 0. The molecule has 1 aromatic heterocycles. The lowest BCUT2D eigenvalue weighted by Crippen LogP contribution is -2.37. The minimum atomic E-state index is -1.09. The molecule has 1 rings (SSSR count). The lowest BCUT2D eigenvalue weighted by atomic mass is 10.4. The number of aromatic amines is 1. The molecule has 12 heavy (non-hydrogen) atoms. The number of aliphatic carboxylic acids is 1. The van der Waals surface area contributed by atoms with Crippen molar-refractivity contribution >= 4 is 11.8 Å². The van der Waals surface area contributed by atoms with Gasteiger partial charge in [0, 0.05) is 6.07 Å². The zero-order chi connectivity index (χ0) is 8.97. The van der Waals surface area contributed by atoms with Crippen molar-refractivity contribution in [2.24, 2.45) is 0 Å². The van der Waals surface area contributed by atoms with Crippen molar-refractivity contribution in [3.05, 3.63) is 24.4 Å². The molecule has 0 saturated carbocycles. The van der Waals surface area contributed by atoms with Crippen LogP contribution in [0.5, 0.6) is 0 Å². The summed E-state index contributed by atoms with van der Waals surface area (Å²) >= 11 is 0. The highest BCUT2D eigenvalue weighted by molar-refractivity contribution is 5.70. The van der Waals surface area contributed by atoms with Crippen molar-refractivity contribution in [3.63, 3.8) is 0 Å². The number of hydrogen-bond acceptors (Lipinski definition) is 3. The third-order valence-electron chi connectivity index (χ3n) is 1.47. The number of rotatable bonds is 3. The van der Waals surface area contributed by atoms with E-state index in [1.165, 1.54) is 0 Å². The molecule has 0 aliphatic heterocycles. The fraction of sp³-hybridized carbons (Fsp3) is 0.250. The summed E-state index contributed by atoms with van der Waals surface area (Å²) in [6.45, 7) is -0.111. The Balaban J connectivity index is 2.65. The summed E-state index contributed by atoms with van der Waals surface area (Å²) in [6, 6.07) is 5.46. The van der Waals surface area contributed by atoms with E-state index in [1.54, 1.807) is 24.2 Å². The van der Waals surface area contributed by atoms with Gasteiger partial charge in [-0.1, -0.05) is 6.07 Å². The number of hydrogen-bond donors (Lipinski definition) is 0. The molecule has 0 aromatic carbocycles. The van der Waals surface area contributed by atoms with E-state index in [1.807, 2.05) is 12.1 Å². The molecule has 1 heterocycles. The molecule has 1 N–H and O–H groups in total. The first-order valence-electron chi connectivity index (χ1n) is 3.58. The van der Waals surface area contributed by atoms with Crippen LogP contribution in [-0.2, 0) is 4.79 Å². The minimum Gasteiger partial charge on any atom is -0.546 e. The van der Waals surface area contributed by atoms with Crippen LogP contribution in [0.1, 0.15) is 0 Å². The van der Waals surface area contributed by atoms with Crippen LogP contribution < -0.4 is 15.0 Å². The van der Waals surface area contributed by atoms with E-state index in [-0.39, 0.29) is 6.54 Å². The Hall–Kier alpha value is -1.58. The molecule has 4 nitrogen and oxygen atoms in total. The summed E-state index contributed by atoms with van der Waals surface area (Å²) in [4.78, 5) is 14.7. The average molecular weight is 166 g/mol. The topological polar surface area (TPSA) is 57.5 Å². The second-order valence-electron chi connectivity index (χ2n) is 2.48. The van der Waals surface area contributed by atoms with Gasteiger partial charge in [-0.25, -0.2) is 4.98 Å². The standard InChI is InChI=1S/C8H10N2O2/c1-10(6-8(11)12)7-4-2-3-5-9-7/h2-5H,6H2,1H3,(H,11,12). The Bertz CT molecular complexity index is 261. The molecule has 0 fully saturated rings. The number of aromatic nitrogens is 1. The molecule has 0 saturated heterocycles. The SMILES string of the molecule is CN(CC(=O)[O-])c1cccc[nH+]1. The molecule has 0 amide bonds. The van der Waals surface area contributed by atoms with Crippen LogP contribution in [-0.4, -0.2) is 19.6 Å². The van der Waals surface area contributed by atoms with E-state index in [9.17, 15) is 9.90 Å². The van der Waals surface area contributed by atoms with Crippen LogP contribution in [0.15, 0.2) is 24.4 Å². The van der Waals surface area contributed by atoms with E-state index >= 15 is 0 Å². The first-order valence-corrected chi connectivity index (χ1v) is 3.58. The number of anilines is 1. The largest absolute Gasteiger partial charge is 0.546 e. The Morgan fingerprint density at radius 3 is 2.92 bits per heavy atom. The molecular weight excluding hydrogens is 156 g/mol. The lowest BCUT2D eigenvalue weighted by Gasteiger charge is -2.10. The number of carboxylic acid groups (broad SMARTS) is 1. The molecule has 0 atom stereocenters. The highest BCUT2D eigenvalue weighted by Crippen LogP contribution is 2.00. The summed E-state index contributed by atoms with van der Waals surface area (Å²) in [5.74, 6) is -0.337. The van der Waals surface area contributed by atoms with Crippen molar-refractivity contribution in [1.29, 1.82) is 0 Å². The maximum atomic E-state index is 10.2. The zero-order valence-electron chi connectivity index (χ0n) is 6.78. The number of carboxylic acids is 1. The smallest absolute Gasteiger partial charge is 0.274 e. The Morgan fingerprint density at radius 2 is 2.42 bits per heavy atom. The summed E-state index contributed by atoms with van der Waals surface area (Å²) in [5, 5.41) is 10.2. The molecule has 0 spiro atoms. The predicted molar refractivity (Wildman–Crippen MR) is 41.3 cm³/mol. The number of pyridine rings is 1. The van der Waals surface area contributed by atoms with Gasteiger partial charge in [-0.15, -0.1) is 0 Å². The fourth-order valence-corrected chi connectivity index (χ4v) is 0.900. The van der Waals surface area contributed by atoms with Gasteiger partial charge in [0.1, 0.15) is 6.54 Å². The van der Waals surface area contributed by atoms with Gasteiger partial charge >= 0.3 is 0 Å². The fourth-order valence-electron chi connectivity index (χ4n) is 0.900. The van der Waals surface area contributed by atoms with E-state index in [0.29, 0.717) is 0 Å². The van der Waals surface area contributed by atoms with Gasteiger partial charge < -0.3 is 9.90 Å². The van der Waals surface area contributed by atoms with E-state index in [0.717, 1.165) is 5.82 Å². The molecule has 0 bridgehead atoms. The highest BCUT2D eigenvalue weighted by Gasteiger charge is 2.07. The van der Waals surface area contributed by atoms with Crippen molar-refractivity contribution in [2.75, 3.05) is 18.5 Å². The number of carbonyl (C=O) groups is 1. The molecule has 0 radical (unpaired) electrons. The predicted octanol–water partition coefficient (Wildman–Crippen LogP) is -1.31. The van der Waals surface area contributed by atoms with Crippen LogP contribution >= 0.6 is 0 Å². The molecule has 0 aliphatic carbocycles. The number of nitrogens with zero attached hydrogens (tertiary/aromatic N) is 1. The van der Waals surface area contributed by atoms with Gasteiger partial charge in [-0.2, -0.15) is 0 Å². The quantitative estimate of drug-likeness (QED) is 0.560. The van der Waals surface area contributed by atoms with E-state index < -0.39 is 5.97 Å². The van der Waals surface area contributed by atoms with Crippen LogP contribution in [0.3, 0.4) is 0 Å². The van der Waals surface area contributed by atoms with Crippen molar-refractivity contribution in [3.8, 4) is 0 Å². The van der Waals surface area contributed by atoms with Crippen LogP contribution in [0.25, 0.3) is 0 Å². The van der Waals surface area contributed by atoms with Gasteiger partial charge in [-0.3, -0.25) is 4.90 Å². The maximum absolute atomic E-state index is 10.2. The van der Waals surface area contributed by atoms with Crippen LogP contribution in [0, 0.1) is 0 Å². The number of carbonyl (C=O) groups excluding carboxylic acids is 1. The van der Waals surface area contributed by atoms with E-state index in [4.69, 9.17) is 0 Å². The van der Waals surface area contributed by atoms with Gasteiger partial charge in [-0.05, 0) is 6.07 Å². The Kier molecular flexibility index (Phi) is 2.63. The van der Waals surface area contributed by atoms with Gasteiger partial charge in [0.25, 0.3) is 5.82 Å². The van der Waals surface area contributed by atoms with Crippen molar-refractivity contribution in [1.82, 2.24) is 0 Å². The van der Waals surface area contributed by atoms with Crippen molar-refractivity contribution < 1.29 is 14.9 Å². The van der Waals surface area contributed by atoms with Gasteiger partial charge in [0.15, 0.2) is 0 Å². The summed E-state index contributed by atoms with van der Waals surface area (Å²) in [5.41, 5.74) is 0. The molecule has 64 valence electrons. The zero-order valence-corrected chi connectivity index (χ0v) is 6.78.